The van der Waals surface area contributed by atoms with Crippen molar-refractivity contribution in [1.29, 1.82) is 0 Å². The Hall–Kier alpha value is -0.310. The maximum atomic E-state index is 6.00. The van der Waals surface area contributed by atoms with E-state index in [4.69, 9.17) is 62.7 Å². The van der Waals surface area contributed by atoms with Gasteiger partial charge in [0.05, 0.1) is 20.1 Å². The van der Waals surface area contributed by atoms with Gasteiger partial charge in [-0.1, -0.05) is 58.0 Å². The number of ether oxygens (including phenoxy) is 1. The van der Waals surface area contributed by atoms with Crippen molar-refractivity contribution in [3.8, 4) is 11.5 Å². The normalized spacial score (nSPS) is 10.5. The zero-order valence-electron chi connectivity index (χ0n) is 8.68. The molecule has 2 rings (SSSR count). The summed E-state index contributed by atoms with van der Waals surface area (Å²) in [6, 6.07) is 7.89. The van der Waals surface area contributed by atoms with Crippen molar-refractivity contribution in [1.82, 2.24) is 0 Å². The van der Waals surface area contributed by atoms with Crippen LogP contribution < -0.4 is 4.74 Å². The molecule has 0 radical (unpaired) electrons. The smallest absolute Gasteiger partial charge is 0.147 e. The van der Waals surface area contributed by atoms with Crippen molar-refractivity contribution >= 4 is 58.0 Å². The molecule has 0 atom stereocenters. The van der Waals surface area contributed by atoms with Gasteiger partial charge in [-0.05, 0) is 18.2 Å². The molecule has 0 unspecified atom stereocenters. The summed E-state index contributed by atoms with van der Waals surface area (Å²) in [6.45, 7) is 0. The Labute approximate surface area is 129 Å². The monoisotopic (exact) mass is 340 g/mol. The Bertz CT molecular complexity index is 597. The van der Waals surface area contributed by atoms with Crippen LogP contribution in [0.1, 0.15) is 0 Å². The van der Waals surface area contributed by atoms with Crippen LogP contribution in [0.25, 0.3) is 0 Å². The van der Waals surface area contributed by atoms with Gasteiger partial charge in [-0.2, -0.15) is 0 Å². The van der Waals surface area contributed by atoms with Gasteiger partial charge in [0.2, 0.25) is 0 Å². The summed E-state index contributed by atoms with van der Waals surface area (Å²) in [5.74, 6) is 0.750. The summed E-state index contributed by atoms with van der Waals surface area (Å²) in [6.07, 6.45) is 0. The average molecular weight is 342 g/mol. The Morgan fingerprint density at radius 2 is 1.22 bits per heavy atom. The molecule has 0 saturated heterocycles. The lowest BCUT2D eigenvalue weighted by Gasteiger charge is -2.10. The number of benzene rings is 2. The van der Waals surface area contributed by atoms with E-state index in [1.807, 2.05) is 0 Å². The molecule has 94 valence electrons. The predicted molar refractivity (Wildman–Crippen MR) is 78.0 cm³/mol. The molecule has 0 aliphatic rings. The Morgan fingerprint density at radius 3 is 1.94 bits per heavy atom. The first-order chi connectivity index (χ1) is 8.47. The molecule has 2 aromatic rings. The molecule has 0 bridgehead atoms. The molecule has 6 heteroatoms. The van der Waals surface area contributed by atoms with E-state index in [2.05, 4.69) is 0 Å². The quantitative estimate of drug-likeness (QED) is 0.549. The Morgan fingerprint density at radius 1 is 0.611 bits per heavy atom. The maximum Gasteiger partial charge on any atom is 0.147 e. The first-order valence-electron chi connectivity index (χ1n) is 4.75. The lowest BCUT2D eigenvalue weighted by molar-refractivity contribution is 0.483. The highest BCUT2D eigenvalue weighted by Gasteiger charge is 2.10. The number of halogens is 5. The molecule has 2 aromatic carbocycles. The van der Waals surface area contributed by atoms with E-state index in [1.54, 1.807) is 18.2 Å². The summed E-state index contributed by atoms with van der Waals surface area (Å²) < 4.78 is 5.57. The third-order valence-electron chi connectivity index (χ3n) is 2.09. The van der Waals surface area contributed by atoms with Crippen molar-refractivity contribution in [3.63, 3.8) is 0 Å². The summed E-state index contributed by atoms with van der Waals surface area (Å²) >= 11 is 29.6. The third kappa shape index (κ3) is 3.17. The first kappa shape index (κ1) is 14.1. The molecular formula is C12H5Cl5O. The fourth-order valence-corrected chi connectivity index (χ4v) is 2.15. The van der Waals surface area contributed by atoms with E-state index < -0.39 is 0 Å². The topological polar surface area (TPSA) is 9.23 Å². The van der Waals surface area contributed by atoms with Gasteiger partial charge in [-0.25, -0.2) is 0 Å². The number of hydrogen-bond acceptors (Lipinski definition) is 1. The highest BCUT2D eigenvalue weighted by Crippen LogP contribution is 2.38. The summed E-state index contributed by atoms with van der Waals surface area (Å²) in [7, 11) is 0. The van der Waals surface area contributed by atoms with Crippen LogP contribution in [-0.4, -0.2) is 0 Å². The molecule has 0 aliphatic carbocycles. The highest BCUT2D eigenvalue weighted by atomic mass is 35.5. The molecule has 0 heterocycles. The molecule has 1 nitrogen and oxygen atoms in total. The van der Waals surface area contributed by atoms with E-state index in [0.29, 0.717) is 36.6 Å². The van der Waals surface area contributed by atoms with E-state index in [9.17, 15) is 0 Å². The van der Waals surface area contributed by atoms with Crippen LogP contribution in [0.15, 0.2) is 30.3 Å². The van der Waals surface area contributed by atoms with Crippen molar-refractivity contribution in [2.75, 3.05) is 0 Å². The summed E-state index contributed by atoms with van der Waals surface area (Å²) in [5.41, 5.74) is 0. The fraction of sp³-hybridized carbons (Fsp3) is 0. The molecule has 0 N–H and O–H groups in total. The summed E-state index contributed by atoms with van der Waals surface area (Å²) in [5, 5.41) is 1.95. The van der Waals surface area contributed by atoms with Gasteiger partial charge in [-0.15, -0.1) is 0 Å². The van der Waals surface area contributed by atoms with Gasteiger partial charge in [0.25, 0.3) is 0 Å². The second kappa shape index (κ2) is 5.77. The average Bonchev–Trinajstić information content (AvgIpc) is 2.30. The van der Waals surface area contributed by atoms with Crippen LogP contribution in [0.3, 0.4) is 0 Å². The van der Waals surface area contributed by atoms with E-state index in [0.717, 1.165) is 0 Å². The van der Waals surface area contributed by atoms with Crippen LogP contribution in [-0.2, 0) is 0 Å². The Balaban J connectivity index is 2.40. The first-order valence-corrected chi connectivity index (χ1v) is 6.64. The minimum Gasteiger partial charge on any atom is -0.454 e. The van der Waals surface area contributed by atoms with Gasteiger partial charge in [0, 0.05) is 17.2 Å². The van der Waals surface area contributed by atoms with Crippen LogP contribution in [0.4, 0.5) is 0 Å². The van der Waals surface area contributed by atoms with Crippen LogP contribution >= 0.6 is 58.0 Å². The molecule has 18 heavy (non-hydrogen) atoms. The minimum absolute atomic E-state index is 0.334. The molecule has 0 aromatic heterocycles. The second-order valence-corrected chi connectivity index (χ2v) is 5.44. The minimum atomic E-state index is 0.334. The Kier molecular flexibility index (Phi) is 4.52. The van der Waals surface area contributed by atoms with Gasteiger partial charge in [0.1, 0.15) is 11.5 Å². The van der Waals surface area contributed by atoms with E-state index in [1.165, 1.54) is 12.1 Å². The number of hydrogen-bond donors (Lipinski definition) is 0. The highest BCUT2D eigenvalue weighted by molar-refractivity contribution is 6.43. The molecule has 0 fully saturated rings. The maximum absolute atomic E-state index is 6.00. The predicted octanol–water partition coefficient (Wildman–Crippen LogP) is 6.75. The standard InChI is InChI=1S/C12H5Cl5O/c13-6-1-2-7(14)11(3-6)18-12-5-9(16)8(15)4-10(12)17/h1-5H. The van der Waals surface area contributed by atoms with Gasteiger partial charge < -0.3 is 4.74 Å². The molecule has 0 aliphatic heterocycles. The van der Waals surface area contributed by atoms with Gasteiger partial charge in [0.15, 0.2) is 0 Å². The van der Waals surface area contributed by atoms with Crippen molar-refractivity contribution in [2.24, 2.45) is 0 Å². The van der Waals surface area contributed by atoms with Crippen molar-refractivity contribution in [3.05, 3.63) is 55.4 Å². The largest absolute Gasteiger partial charge is 0.454 e. The van der Waals surface area contributed by atoms with E-state index >= 15 is 0 Å². The van der Waals surface area contributed by atoms with Gasteiger partial charge in [-0.3, -0.25) is 0 Å². The molecule has 0 spiro atoms. The SMILES string of the molecule is Clc1ccc(Cl)c(Oc2cc(Cl)c(Cl)cc2Cl)c1. The van der Waals surface area contributed by atoms with Crippen molar-refractivity contribution in [2.45, 2.75) is 0 Å². The zero-order valence-corrected chi connectivity index (χ0v) is 12.5. The lowest BCUT2D eigenvalue weighted by Crippen LogP contribution is -1.87. The lowest BCUT2D eigenvalue weighted by atomic mass is 10.3. The third-order valence-corrected chi connectivity index (χ3v) is 3.65. The van der Waals surface area contributed by atoms with Crippen LogP contribution in [0, 0.1) is 0 Å². The fourth-order valence-electron chi connectivity index (χ4n) is 1.26. The number of rotatable bonds is 2. The molecule has 0 amide bonds. The zero-order chi connectivity index (χ0) is 13.3. The van der Waals surface area contributed by atoms with Crippen LogP contribution in [0.5, 0.6) is 11.5 Å². The second-order valence-electron chi connectivity index (χ2n) is 3.37. The molecular weight excluding hydrogens is 337 g/mol. The molecule has 0 saturated carbocycles. The van der Waals surface area contributed by atoms with Gasteiger partial charge >= 0.3 is 0 Å². The summed E-state index contributed by atoms with van der Waals surface area (Å²) in [4.78, 5) is 0. The van der Waals surface area contributed by atoms with E-state index in [-0.39, 0.29) is 0 Å². The van der Waals surface area contributed by atoms with Crippen LogP contribution in [0.2, 0.25) is 25.1 Å². The van der Waals surface area contributed by atoms with Crippen molar-refractivity contribution < 1.29 is 4.74 Å².